The smallest absolute Gasteiger partial charge is 0.242 e. The third-order valence-corrected chi connectivity index (χ3v) is 5.33. The molecule has 0 fully saturated rings. The SMILES string of the molecule is C=C(N=C(c1ccc(F)cc1)N(C)CC(=O)N1Cc2ccncc2C1)c1ccc(F)cc1. The molecule has 0 unspecified atom stereocenters. The maximum absolute atomic E-state index is 13.5. The van der Waals surface area contributed by atoms with Gasteiger partial charge in [-0.05, 0) is 71.3 Å². The molecule has 0 aliphatic carbocycles. The molecule has 0 N–H and O–H groups in total. The fourth-order valence-electron chi connectivity index (χ4n) is 3.58. The predicted octanol–water partition coefficient (Wildman–Crippen LogP) is 4.25. The molecule has 0 bridgehead atoms. The number of hydrogen-bond acceptors (Lipinski definition) is 3. The molecule has 32 heavy (non-hydrogen) atoms. The molecule has 162 valence electrons. The van der Waals surface area contributed by atoms with Crippen LogP contribution in [0.15, 0.2) is 78.6 Å². The van der Waals surface area contributed by atoms with Gasteiger partial charge in [-0.3, -0.25) is 9.78 Å². The van der Waals surface area contributed by atoms with Gasteiger partial charge in [0.2, 0.25) is 5.91 Å². The van der Waals surface area contributed by atoms with Crippen molar-refractivity contribution in [2.45, 2.75) is 13.1 Å². The van der Waals surface area contributed by atoms with E-state index in [-0.39, 0.29) is 24.1 Å². The number of nitrogens with zero attached hydrogens (tertiary/aromatic N) is 4. The molecular weight excluding hydrogens is 410 g/mol. The van der Waals surface area contributed by atoms with E-state index in [1.165, 1.54) is 24.3 Å². The van der Waals surface area contributed by atoms with Crippen molar-refractivity contribution >= 4 is 17.4 Å². The fourth-order valence-corrected chi connectivity index (χ4v) is 3.58. The lowest BCUT2D eigenvalue weighted by Gasteiger charge is -2.24. The van der Waals surface area contributed by atoms with Gasteiger partial charge in [0, 0.05) is 38.1 Å². The van der Waals surface area contributed by atoms with E-state index < -0.39 is 0 Å². The highest BCUT2D eigenvalue weighted by Gasteiger charge is 2.25. The number of benzene rings is 2. The molecule has 2 aromatic carbocycles. The average Bonchev–Trinajstić information content (AvgIpc) is 3.23. The van der Waals surface area contributed by atoms with Crippen LogP contribution in [0.25, 0.3) is 5.70 Å². The Balaban J connectivity index is 1.56. The second-order valence-corrected chi connectivity index (χ2v) is 7.65. The normalized spacial score (nSPS) is 13.1. The molecule has 1 aliphatic rings. The average molecular weight is 432 g/mol. The molecule has 0 saturated carbocycles. The van der Waals surface area contributed by atoms with Crippen LogP contribution in [-0.2, 0) is 17.9 Å². The number of likely N-dealkylation sites (N-methyl/N-ethyl adjacent to an activating group) is 1. The van der Waals surface area contributed by atoms with E-state index in [0.717, 1.165) is 11.1 Å². The lowest BCUT2D eigenvalue weighted by Crippen LogP contribution is -2.39. The number of hydrogen-bond donors (Lipinski definition) is 0. The summed E-state index contributed by atoms with van der Waals surface area (Å²) in [6.07, 6.45) is 3.50. The van der Waals surface area contributed by atoms with Gasteiger partial charge in [0.15, 0.2) is 0 Å². The standard InChI is InChI=1S/C25H22F2N4O/c1-17(18-3-7-22(26)8-4-18)29-25(19-5-9-23(27)10-6-19)30(2)16-24(32)31-14-20-11-12-28-13-21(20)15-31/h3-13H,1,14-16H2,2H3. The van der Waals surface area contributed by atoms with E-state index in [4.69, 9.17) is 0 Å². The summed E-state index contributed by atoms with van der Waals surface area (Å²) in [5.74, 6) is -0.321. The first-order chi connectivity index (χ1) is 15.4. The van der Waals surface area contributed by atoms with Crippen molar-refractivity contribution in [1.82, 2.24) is 14.8 Å². The van der Waals surface area contributed by atoms with Crippen molar-refractivity contribution in [3.63, 3.8) is 0 Å². The second-order valence-electron chi connectivity index (χ2n) is 7.65. The molecule has 0 saturated heterocycles. The van der Waals surface area contributed by atoms with E-state index in [0.29, 0.717) is 35.7 Å². The summed E-state index contributed by atoms with van der Waals surface area (Å²) in [7, 11) is 1.75. The molecule has 2 heterocycles. The highest BCUT2D eigenvalue weighted by Crippen LogP contribution is 2.22. The van der Waals surface area contributed by atoms with Crippen LogP contribution in [-0.4, -0.2) is 40.1 Å². The van der Waals surface area contributed by atoms with E-state index in [2.05, 4.69) is 16.6 Å². The molecule has 0 radical (unpaired) electrons. The Bertz CT molecular complexity index is 1150. The highest BCUT2D eigenvalue weighted by atomic mass is 19.1. The summed E-state index contributed by atoms with van der Waals surface area (Å²) in [6.45, 7) is 5.12. The lowest BCUT2D eigenvalue weighted by atomic mass is 10.1. The molecule has 0 atom stereocenters. The number of halogens is 2. The van der Waals surface area contributed by atoms with Crippen LogP contribution in [0.3, 0.4) is 0 Å². The molecule has 1 aromatic heterocycles. The number of amides is 1. The third kappa shape index (κ3) is 4.72. The largest absolute Gasteiger partial charge is 0.350 e. The first-order valence-corrected chi connectivity index (χ1v) is 10.1. The molecule has 1 amide bonds. The number of rotatable bonds is 5. The minimum absolute atomic E-state index is 0.0640. The summed E-state index contributed by atoms with van der Waals surface area (Å²) in [6, 6.07) is 13.6. The fraction of sp³-hybridized carbons (Fsp3) is 0.160. The number of aromatic nitrogens is 1. The quantitative estimate of drug-likeness (QED) is 0.447. The molecule has 3 aromatic rings. The molecule has 5 nitrogen and oxygen atoms in total. The van der Waals surface area contributed by atoms with Gasteiger partial charge in [-0.2, -0.15) is 0 Å². The van der Waals surface area contributed by atoms with E-state index in [9.17, 15) is 13.6 Å². The number of amidine groups is 1. The topological polar surface area (TPSA) is 48.8 Å². The summed E-state index contributed by atoms with van der Waals surface area (Å²) in [4.78, 5) is 25.2. The molecule has 4 rings (SSSR count). The van der Waals surface area contributed by atoms with Crippen molar-refractivity contribution in [2.75, 3.05) is 13.6 Å². The lowest BCUT2D eigenvalue weighted by molar-refractivity contribution is -0.131. The first-order valence-electron chi connectivity index (χ1n) is 10.1. The molecular formula is C25H22F2N4O. The Hall–Kier alpha value is -3.87. The number of fused-ring (bicyclic) bond motifs is 1. The van der Waals surface area contributed by atoms with Gasteiger partial charge in [0.1, 0.15) is 17.5 Å². The zero-order valence-corrected chi connectivity index (χ0v) is 17.6. The third-order valence-electron chi connectivity index (χ3n) is 5.33. The maximum Gasteiger partial charge on any atom is 0.242 e. The number of pyridine rings is 1. The van der Waals surface area contributed by atoms with Crippen molar-refractivity contribution < 1.29 is 13.6 Å². The van der Waals surface area contributed by atoms with Crippen LogP contribution in [0.2, 0.25) is 0 Å². The number of aliphatic imine (C=N–C) groups is 1. The van der Waals surface area contributed by atoms with Gasteiger partial charge in [-0.1, -0.05) is 6.58 Å². The summed E-state index contributed by atoms with van der Waals surface area (Å²) in [5.41, 5.74) is 3.82. The van der Waals surface area contributed by atoms with Crippen LogP contribution < -0.4 is 0 Å². The molecule has 1 aliphatic heterocycles. The van der Waals surface area contributed by atoms with Crippen molar-refractivity contribution in [1.29, 1.82) is 0 Å². The van der Waals surface area contributed by atoms with Gasteiger partial charge in [0.05, 0.1) is 12.2 Å². The van der Waals surface area contributed by atoms with Gasteiger partial charge in [-0.15, -0.1) is 0 Å². The first kappa shape index (κ1) is 21.4. The van der Waals surface area contributed by atoms with Crippen molar-refractivity contribution in [3.8, 4) is 0 Å². The minimum atomic E-state index is -0.368. The molecule has 7 heteroatoms. The van der Waals surface area contributed by atoms with Gasteiger partial charge in [-0.25, -0.2) is 13.8 Å². The Morgan fingerprint density at radius 3 is 2.22 bits per heavy atom. The Morgan fingerprint density at radius 1 is 1.00 bits per heavy atom. The molecule has 0 spiro atoms. The summed E-state index contributed by atoms with van der Waals surface area (Å²) < 4.78 is 26.8. The van der Waals surface area contributed by atoms with Crippen LogP contribution in [0, 0.1) is 11.6 Å². The monoisotopic (exact) mass is 432 g/mol. The van der Waals surface area contributed by atoms with Crippen LogP contribution in [0.1, 0.15) is 22.3 Å². The zero-order valence-electron chi connectivity index (χ0n) is 17.6. The minimum Gasteiger partial charge on any atom is -0.350 e. The van der Waals surface area contributed by atoms with Crippen molar-refractivity contribution in [2.24, 2.45) is 4.99 Å². The van der Waals surface area contributed by atoms with Crippen molar-refractivity contribution in [3.05, 3.63) is 107 Å². The Kier molecular flexibility index (Phi) is 6.07. The van der Waals surface area contributed by atoms with E-state index in [1.807, 2.05) is 6.07 Å². The second kappa shape index (κ2) is 9.09. The van der Waals surface area contributed by atoms with Crippen LogP contribution in [0.5, 0.6) is 0 Å². The predicted molar refractivity (Wildman–Crippen MR) is 119 cm³/mol. The highest BCUT2D eigenvalue weighted by molar-refractivity contribution is 6.03. The van der Waals surface area contributed by atoms with Gasteiger partial charge >= 0.3 is 0 Å². The van der Waals surface area contributed by atoms with Gasteiger partial charge < -0.3 is 9.80 Å². The zero-order chi connectivity index (χ0) is 22.7. The summed E-state index contributed by atoms with van der Waals surface area (Å²) >= 11 is 0. The van der Waals surface area contributed by atoms with Crippen LogP contribution in [0.4, 0.5) is 8.78 Å². The Labute approximate surface area is 185 Å². The van der Waals surface area contributed by atoms with Gasteiger partial charge in [0.25, 0.3) is 0 Å². The summed E-state index contributed by atoms with van der Waals surface area (Å²) in [5, 5.41) is 0. The van der Waals surface area contributed by atoms with E-state index in [1.54, 1.807) is 53.5 Å². The maximum atomic E-state index is 13.5. The number of carbonyl (C=O) groups is 1. The Morgan fingerprint density at radius 2 is 1.59 bits per heavy atom. The van der Waals surface area contributed by atoms with E-state index >= 15 is 0 Å². The number of carbonyl (C=O) groups excluding carboxylic acids is 1. The van der Waals surface area contributed by atoms with Crippen LogP contribution >= 0.6 is 0 Å².